The van der Waals surface area contributed by atoms with Crippen LogP contribution in [0.1, 0.15) is 16.7 Å². The van der Waals surface area contributed by atoms with Crippen LogP contribution in [-0.2, 0) is 9.59 Å². The maximum atomic E-state index is 12.6. The number of hydrogen-bond acceptors (Lipinski definition) is 3. The van der Waals surface area contributed by atoms with Crippen LogP contribution in [0.2, 0.25) is 0 Å². The van der Waals surface area contributed by atoms with Crippen molar-refractivity contribution >= 4 is 29.3 Å². The third-order valence-electron chi connectivity index (χ3n) is 3.40. The molecule has 1 atom stereocenters. The van der Waals surface area contributed by atoms with Crippen LogP contribution >= 0.6 is 11.6 Å². The molecule has 1 aromatic carbocycles. The molecule has 1 unspecified atom stereocenters. The summed E-state index contributed by atoms with van der Waals surface area (Å²) < 4.78 is 44.3. The van der Waals surface area contributed by atoms with Gasteiger partial charge in [-0.3, -0.25) is 9.89 Å². The molecular weight excluding hydrogens is 394 g/mol. The number of carbonyl (C=O) groups excluding carboxylic acids is 1. The van der Waals surface area contributed by atoms with E-state index < -0.39 is 23.7 Å². The first kappa shape index (κ1) is 22.4. The summed E-state index contributed by atoms with van der Waals surface area (Å²) in [6.45, 7) is 6.07. The lowest BCUT2D eigenvalue weighted by Crippen LogP contribution is -2.21. The van der Waals surface area contributed by atoms with Crippen molar-refractivity contribution in [3.63, 3.8) is 0 Å². The summed E-state index contributed by atoms with van der Waals surface area (Å²) in [7, 11) is 0. The summed E-state index contributed by atoms with van der Waals surface area (Å²) in [5, 5.41) is 16.2. The highest BCUT2D eigenvalue weighted by molar-refractivity contribution is 6.31. The maximum Gasteiger partial charge on any atom is 0.490 e. The second kappa shape index (κ2) is 8.85. The number of hydrogen-bond donors (Lipinski definition) is 3. The smallest absolute Gasteiger partial charge is 0.475 e. The Morgan fingerprint density at radius 3 is 2.15 bits per heavy atom. The van der Waals surface area contributed by atoms with Crippen molar-refractivity contribution in [3.05, 3.63) is 34.9 Å². The van der Waals surface area contributed by atoms with E-state index in [0.717, 1.165) is 22.4 Å². The summed E-state index contributed by atoms with van der Waals surface area (Å²) in [6, 6.07) is 5.78. The number of alkyl halides is 5. The van der Waals surface area contributed by atoms with Crippen molar-refractivity contribution in [3.8, 4) is 11.3 Å². The van der Waals surface area contributed by atoms with Gasteiger partial charge < -0.3 is 10.4 Å². The molecule has 0 spiro atoms. The van der Waals surface area contributed by atoms with E-state index in [0.29, 0.717) is 0 Å². The van der Waals surface area contributed by atoms with Gasteiger partial charge >= 0.3 is 12.1 Å². The first-order valence-electron chi connectivity index (χ1n) is 7.35. The summed E-state index contributed by atoms with van der Waals surface area (Å²) >= 11 is 5.05. The van der Waals surface area contributed by atoms with Crippen LogP contribution in [0.5, 0.6) is 0 Å². The van der Waals surface area contributed by atoms with Crippen molar-refractivity contribution in [2.45, 2.75) is 32.6 Å². The Hall–Kier alpha value is -2.62. The van der Waals surface area contributed by atoms with Gasteiger partial charge in [0, 0.05) is 11.6 Å². The van der Waals surface area contributed by atoms with Gasteiger partial charge in [-0.15, -0.1) is 0 Å². The maximum absolute atomic E-state index is 12.6. The molecule has 0 saturated carbocycles. The van der Waals surface area contributed by atoms with Gasteiger partial charge in [0.1, 0.15) is 0 Å². The zero-order valence-corrected chi connectivity index (χ0v) is 15.2. The van der Waals surface area contributed by atoms with Crippen molar-refractivity contribution < 1.29 is 32.3 Å². The monoisotopic (exact) mass is 409 g/mol. The molecule has 0 aliphatic heterocycles. The molecule has 1 heterocycles. The Bertz CT molecular complexity index is 835. The van der Waals surface area contributed by atoms with Crippen LogP contribution in [0.25, 0.3) is 11.3 Å². The number of carboxylic acids is 1. The molecule has 2 rings (SSSR count). The van der Waals surface area contributed by atoms with Gasteiger partial charge in [0.2, 0.25) is 0 Å². The van der Waals surface area contributed by atoms with Crippen LogP contribution in [0.4, 0.5) is 23.4 Å². The predicted molar refractivity (Wildman–Crippen MR) is 91.3 cm³/mol. The summed E-state index contributed by atoms with van der Waals surface area (Å²) in [4.78, 5) is 20.0. The normalized spacial score (nSPS) is 12.0. The summed E-state index contributed by atoms with van der Waals surface area (Å²) in [5.41, 5.74) is 3.13. The van der Waals surface area contributed by atoms with Gasteiger partial charge in [0.05, 0.1) is 5.69 Å². The number of nitrogens with zero attached hydrogens (tertiary/aromatic N) is 1. The zero-order chi connectivity index (χ0) is 20.9. The van der Waals surface area contributed by atoms with E-state index in [4.69, 9.17) is 21.5 Å². The average molecular weight is 410 g/mol. The molecule has 3 N–H and O–H groups in total. The van der Waals surface area contributed by atoms with Gasteiger partial charge in [-0.05, 0) is 43.5 Å². The molecule has 27 heavy (non-hydrogen) atoms. The topological polar surface area (TPSA) is 95.1 Å². The molecule has 0 radical (unpaired) electrons. The number of aromatic nitrogens is 2. The number of carbonyl (C=O) groups is 2. The van der Waals surface area contributed by atoms with E-state index in [-0.39, 0.29) is 5.82 Å². The number of rotatable bonds is 3. The molecule has 148 valence electrons. The second-order valence-corrected chi connectivity index (χ2v) is 5.89. The van der Waals surface area contributed by atoms with Crippen molar-refractivity contribution in [2.24, 2.45) is 0 Å². The lowest BCUT2D eigenvalue weighted by molar-refractivity contribution is -0.192. The first-order valence-corrected chi connectivity index (χ1v) is 7.79. The molecule has 0 saturated heterocycles. The number of anilines is 1. The fraction of sp³-hybridized carbons (Fsp3) is 0.312. The predicted octanol–water partition coefficient (Wildman–Crippen LogP) is 4.11. The Labute approximate surface area is 156 Å². The van der Waals surface area contributed by atoms with Gasteiger partial charge in [-0.1, -0.05) is 17.7 Å². The molecule has 0 aliphatic carbocycles. The first-order chi connectivity index (χ1) is 12.3. The van der Waals surface area contributed by atoms with Crippen LogP contribution < -0.4 is 5.32 Å². The van der Waals surface area contributed by atoms with Gasteiger partial charge in [-0.25, -0.2) is 9.18 Å². The molecule has 11 heteroatoms. The quantitative estimate of drug-likeness (QED) is 0.525. The number of carboxylic acid groups (broad SMARTS) is 1. The fourth-order valence-electron chi connectivity index (χ4n) is 1.96. The Balaban J connectivity index is 0.000000445. The molecule has 6 nitrogen and oxygen atoms in total. The third kappa shape index (κ3) is 6.55. The minimum Gasteiger partial charge on any atom is -0.475 e. The van der Waals surface area contributed by atoms with Crippen LogP contribution in [0, 0.1) is 20.8 Å². The van der Waals surface area contributed by atoms with Crippen molar-refractivity contribution in [2.75, 3.05) is 5.32 Å². The molecule has 1 amide bonds. The minimum atomic E-state index is -5.08. The number of halogens is 5. The fourth-order valence-corrected chi connectivity index (χ4v) is 2.01. The SMILES string of the molecule is Cc1cc(C)c(-c2cc(NC(=O)C(F)Cl)n[nH]2)cc1C.O=C(O)C(F)(F)F. The average Bonchev–Trinajstić information content (AvgIpc) is 2.98. The van der Waals surface area contributed by atoms with Gasteiger partial charge in [0.25, 0.3) is 11.5 Å². The highest BCUT2D eigenvalue weighted by Gasteiger charge is 2.38. The number of benzene rings is 1. The third-order valence-corrected chi connectivity index (χ3v) is 3.60. The van der Waals surface area contributed by atoms with Crippen LogP contribution in [-0.4, -0.2) is 39.0 Å². The summed E-state index contributed by atoms with van der Waals surface area (Å²) in [6.07, 6.45) is -5.08. The Morgan fingerprint density at radius 2 is 1.67 bits per heavy atom. The summed E-state index contributed by atoms with van der Waals surface area (Å²) in [5.74, 6) is -3.44. The van der Waals surface area contributed by atoms with E-state index in [1.807, 2.05) is 26.8 Å². The van der Waals surface area contributed by atoms with Crippen LogP contribution in [0.3, 0.4) is 0 Å². The largest absolute Gasteiger partial charge is 0.490 e. The Kier molecular flexibility index (Phi) is 7.35. The lowest BCUT2D eigenvalue weighted by atomic mass is 9.99. The van der Waals surface area contributed by atoms with Crippen molar-refractivity contribution in [1.82, 2.24) is 10.2 Å². The minimum absolute atomic E-state index is 0.242. The van der Waals surface area contributed by atoms with E-state index in [1.165, 1.54) is 5.56 Å². The standard InChI is InChI=1S/C14H15ClFN3O.C2HF3O2/c1-7-4-9(3)10(5-8(7)2)11-6-12(19-18-11)17-14(20)13(15)16;3-2(4,5)1(6)7/h4-6,13H,1-3H3,(H2,17,18,19,20);(H,6,7). The molecule has 2 aromatic rings. The van der Waals surface area contributed by atoms with E-state index in [1.54, 1.807) is 6.07 Å². The number of H-pyrrole nitrogens is 1. The number of aliphatic carboxylic acids is 1. The molecule has 0 fully saturated rings. The Morgan fingerprint density at radius 1 is 1.15 bits per heavy atom. The molecule has 0 bridgehead atoms. The van der Waals surface area contributed by atoms with Gasteiger partial charge in [-0.2, -0.15) is 18.3 Å². The lowest BCUT2D eigenvalue weighted by Gasteiger charge is -2.07. The zero-order valence-electron chi connectivity index (χ0n) is 14.4. The number of aryl methyl sites for hydroxylation is 3. The molecule has 1 aromatic heterocycles. The number of amides is 1. The van der Waals surface area contributed by atoms with Crippen LogP contribution in [0.15, 0.2) is 18.2 Å². The van der Waals surface area contributed by atoms with Crippen molar-refractivity contribution in [1.29, 1.82) is 0 Å². The van der Waals surface area contributed by atoms with E-state index in [2.05, 4.69) is 21.6 Å². The van der Waals surface area contributed by atoms with E-state index in [9.17, 15) is 22.4 Å². The molecule has 0 aliphatic rings. The number of nitrogens with one attached hydrogen (secondary N) is 2. The highest BCUT2D eigenvalue weighted by atomic mass is 35.5. The second-order valence-electron chi connectivity index (χ2n) is 5.51. The van der Waals surface area contributed by atoms with Gasteiger partial charge in [0.15, 0.2) is 5.82 Å². The molecular formula is C16H16ClF4N3O3. The van der Waals surface area contributed by atoms with E-state index >= 15 is 0 Å². The highest BCUT2D eigenvalue weighted by Crippen LogP contribution is 2.26. The number of aromatic amines is 1.